The molecule has 0 aromatic heterocycles. The van der Waals surface area contributed by atoms with Crippen molar-refractivity contribution >= 4 is 27.5 Å². The van der Waals surface area contributed by atoms with Crippen LogP contribution in [0.5, 0.6) is 0 Å². The van der Waals surface area contributed by atoms with Crippen molar-refractivity contribution in [1.82, 2.24) is 5.32 Å². The fraction of sp³-hybridized carbons (Fsp3) is 0.391. The van der Waals surface area contributed by atoms with Crippen molar-refractivity contribution in [2.24, 2.45) is 10.3 Å². The van der Waals surface area contributed by atoms with Gasteiger partial charge in [-0.3, -0.25) is 4.79 Å². The first kappa shape index (κ1) is 20.6. The van der Waals surface area contributed by atoms with Crippen LogP contribution in [-0.4, -0.2) is 26.7 Å². The fourth-order valence-electron chi connectivity index (χ4n) is 4.14. The number of sulfonamides is 1. The minimum Gasteiger partial charge on any atom is -0.345 e. The Morgan fingerprint density at radius 3 is 2.57 bits per heavy atom. The maximum Gasteiger partial charge on any atom is 0.286 e. The van der Waals surface area contributed by atoms with Crippen molar-refractivity contribution in [2.75, 3.05) is 11.4 Å². The number of fused-ring (bicyclic) bond motifs is 3. The number of carbonyl (C=O) groups excluding carboxylic acids is 1. The Hall–Kier alpha value is -2.67. The van der Waals surface area contributed by atoms with Crippen LogP contribution in [0.3, 0.4) is 0 Å². The summed E-state index contributed by atoms with van der Waals surface area (Å²) >= 11 is 0. The Balaban J connectivity index is 1.65. The summed E-state index contributed by atoms with van der Waals surface area (Å²) in [6, 6.07) is 14.5. The number of hydrogen-bond acceptors (Lipinski definition) is 4. The number of nitrogens with zero attached hydrogens (tertiary/aromatic N) is 2. The quantitative estimate of drug-likeness (QED) is 0.792. The second-order valence-corrected chi connectivity index (χ2v) is 9.81. The molecule has 2 aliphatic rings. The highest BCUT2D eigenvalue weighted by molar-refractivity contribution is 7.90. The van der Waals surface area contributed by atoms with Crippen molar-refractivity contribution in [3.8, 4) is 0 Å². The van der Waals surface area contributed by atoms with E-state index in [4.69, 9.17) is 0 Å². The summed E-state index contributed by atoms with van der Waals surface area (Å²) in [4.78, 5) is 15.1. The van der Waals surface area contributed by atoms with Gasteiger partial charge in [0.2, 0.25) is 0 Å². The molecule has 1 N–H and O–H groups in total. The third-order valence-corrected chi connectivity index (χ3v) is 7.06. The number of amides is 1. The summed E-state index contributed by atoms with van der Waals surface area (Å²) in [5, 5.41) is 3.07. The van der Waals surface area contributed by atoms with Crippen LogP contribution >= 0.6 is 0 Å². The lowest BCUT2D eigenvalue weighted by molar-refractivity contribution is 0.0925. The molecule has 0 bridgehead atoms. The zero-order valence-electron chi connectivity index (χ0n) is 17.3. The first-order valence-electron chi connectivity index (χ1n) is 10.5. The molecule has 2 aromatic carbocycles. The van der Waals surface area contributed by atoms with Gasteiger partial charge < -0.3 is 10.2 Å². The van der Waals surface area contributed by atoms with E-state index < -0.39 is 10.0 Å². The van der Waals surface area contributed by atoms with E-state index in [1.54, 1.807) is 12.1 Å². The van der Waals surface area contributed by atoms with Crippen molar-refractivity contribution in [3.63, 3.8) is 0 Å². The monoisotopic (exact) mass is 425 g/mol. The molecular weight excluding hydrogens is 398 g/mol. The van der Waals surface area contributed by atoms with Gasteiger partial charge in [-0.2, -0.15) is 8.42 Å². The molecule has 1 amide bonds. The number of carbonyl (C=O) groups is 1. The number of nitrogens with one attached hydrogen (secondary N) is 1. The van der Waals surface area contributed by atoms with E-state index in [2.05, 4.69) is 9.71 Å². The van der Waals surface area contributed by atoms with Crippen LogP contribution < -0.4 is 10.2 Å². The molecule has 0 aliphatic carbocycles. The third-order valence-electron chi connectivity index (χ3n) is 5.72. The molecule has 0 unspecified atom stereocenters. The first-order chi connectivity index (χ1) is 14.4. The van der Waals surface area contributed by atoms with Crippen LogP contribution in [0, 0.1) is 5.92 Å². The summed E-state index contributed by atoms with van der Waals surface area (Å²) in [7, 11) is -3.82. The zero-order valence-corrected chi connectivity index (χ0v) is 18.2. The molecule has 0 saturated carbocycles. The SMILES string of the molecule is CC(C)[C@H](NC(=O)c1ccc2c(c1)S(=O)(=O)N=C1CCCCCN12)c1ccccc1. The lowest BCUT2D eigenvalue weighted by atomic mass is 9.95. The van der Waals surface area contributed by atoms with Crippen LogP contribution in [-0.2, 0) is 10.0 Å². The van der Waals surface area contributed by atoms with Crippen LogP contribution in [0.15, 0.2) is 57.8 Å². The predicted molar refractivity (Wildman–Crippen MR) is 118 cm³/mol. The van der Waals surface area contributed by atoms with E-state index >= 15 is 0 Å². The summed E-state index contributed by atoms with van der Waals surface area (Å²) in [5.41, 5.74) is 1.97. The van der Waals surface area contributed by atoms with E-state index in [0.717, 1.165) is 31.4 Å². The minimum absolute atomic E-state index is 0.113. The average molecular weight is 426 g/mol. The van der Waals surface area contributed by atoms with Crippen LogP contribution in [0.25, 0.3) is 0 Å². The highest BCUT2D eigenvalue weighted by Crippen LogP contribution is 2.35. The zero-order chi connectivity index (χ0) is 21.3. The molecule has 7 heteroatoms. The summed E-state index contributed by atoms with van der Waals surface area (Å²) in [5.74, 6) is 0.504. The van der Waals surface area contributed by atoms with Gasteiger partial charge in [-0.25, -0.2) is 0 Å². The minimum atomic E-state index is -3.82. The second kappa shape index (κ2) is 8.22. The number of anilines is 1. The molecule has 2 aromatic rings. The van der Waals surface area contributed by atoms with Crippen molar-refractivity contribution < 1.29 is 13.2 Å². The van der Waals surface area contributed by atoms with E-state index in [1.165, 1.54) is 6.07 Å². The van der Waals surface area contributed by atoms with Gasteiger partial charge in [0.15, 0.2) is 0 Å². The number of benzene rings is 2. The second-order valence-electron chi connectivity index (χ2n) is 8.23. The Morgan fingerprint density at radius 1 is 1.07 bits per heavy atom. The number of rotatable bonds is 4. The fourth-order valence-corrected chi connectivity index (χ4v) is 5.43. The van der Waals surface area contributed by atoms with Crippen LogP contribution in [0.2, 0.25) is 0 Å². The average Bonchev–Trinajstić information content (AvgIpc) is 2.97. The molecule has 2 heterocycles. The normalized spacial score (nSPS) is 18.6. The Bertz CT molecular complexity index is 1080. The van der Waals surface area contributed by atoms with E-state index in [1.807, 2.05) is 49.1 Å². The van der Waals surface area contributed by atoms with E-state index in [-0.39, 0.29) is 22.8 Å². The van der Waals surface area contributed by atoms with Gasteiger partial charge in [-0.15, -0.1) is 4.40 Å². The molecule has 4 rings (SSSR count). The third kappa shape index (κ3) is 3.99. The largest absolute Gasteiger partial charge is 0.345 e. The molecule has 0 spiro atoms. The van der Waals surface area contributed by atoms with E-state index in [9.17, 15) is 13.2 Å². The Labute approximate surface area is 178 Å². The smallest absolute Gasteiger partial charge is 0.286 e. The van der Waals surface area contributed by atoms with Gasteiger partial charge in [0.25, 0.3) is 15.9 Å². The van der Waals surface area contributed by atoms with Crippen LogP contribution in [0.1, 0.15) is 61.5 Å². The number of amidine groups is 1. The van der Waals surface area contributed by atoms with Gasteiger partial charge in [0.05, 0.1) is 11.7 Å². The molecule has 1 atom stereocenters. The lowest BCUT2D eigenvalue weighted by Crippen LogP contribution is -2.36. The van der Waals surface area contributed by atoms with E-state index in [0.29, 0.717) is 23.5 Å². The topological polar surface area (TPSA) is 78.8 Å². The van der Waals surface area contributed by atoms with Gasteiger partial charge in [-0.1, -0.05) is 50.6 Å². The van der Waals surface area contributed by atoms with Crippen molar-refractivity contribution in [3.05, 3.63) is 59.7 Å². The molecule has 0 radical (unpaired) electrons. The molecule has 1 saturated heterocycles. The molecule has 6 nitrogen and oxygen atoms in total. The summed E-state index contributed by atoms with van der Waals surface area (Å²) in [6.07, 6.45) is 3.65. The van der Waals surface area contributed by atoms with Crippen LogP contribution in [0.4, 0.5) is 5.69 Å². The summed E-state index contributed by atoms with van der Waals surface area (Å²) in [6.45, 7) is 4.84. The highest BCUT2D eigenvalue weighted by atomic mass is 32.2. The predicted octanol–water partition coefficient (Wildman–Crippen LogP) is 4.29. The first-order valence-corrected chi connectivity index (χ1v) is 11.9. The molecule has 1 fully saturated rings. The summed E-state index contributed by atoms with van der Waals surface area (Å²) < 4.78 is 29.7. The van der Waals surface area contributed by atoms with Gasteiger partial charge in [0.1, 0.15) is 10.7 Å². The van der Waals surface area contributed by atoms with Gasteiger partial charge >= 0.3 is 0 Å². The molecular formula is C23H27N3O3S. The molecule has 2 aliphatic heterocycles. The molecule has 30 heavy (non-hydrogen) atoms. The Morgan fingerprint density at radius 2 is 1.83 bits per heavy atom. The van der Waals surface area contributed by atoms with Crippen molar-refractivity contribution in [2.45, 2.75) is 50.5 Å². The highest BCUT2D eigenvalue weighted by Gasteiger charge is 2.32. The standard InChI is InChI=1S/C23H27N3O3S/c1-16(2)22(17-9-5-3-6-10-17)24-23(27)18-12-13-19-20(15-18)30(28,29)25-21-11-7-4-8-14-26(19)21/h3,5-6,9-10,12-13,15-16,22H,4,7-8,11,14H2,1-2H3,(H,24,27)/t22-/m0/s1. The van der Waals surface area contributed by atoms with Gasteiger partial charge in [-0.05, 0) is 42.5 Å². The maximum absolute atomic E-state index is 13.0. The lowest BCUT2D eigenvalue weighted by Gasteiger charge is -2.30. The Kier molecular flexibility index (Phi) is 5.64. The molecule has 158 valence electrons. The van der Waals surface area contributed by atoms with Gasteiger partial charge in [0, 0.05) is 18.5 Å². The maximum atomic E-state index is 13.0. The van der Waals surface area contributed by atoms with Crippen molar-refractivity contribution in [1.29, 1.82) is 0 Å². The number of hydrogen-bond donors (Lipinski definition) is 1.